The number of rotatable bonds is 10. The molecule has 196 valence electrons. The Labute approximate surface area is 213 Å². The first-order valence-corrected chi connectivity index (χ1v) is 15.3. The molecule has 0 N–H and O–H groups in total. The second kappa shape index (κ2) is 14.2. The molecule has 0 unspecified atom stereocenters. The van der Waals surface area contributed by atoms with Crippen molar-refractivity contribution >= 4 is 0 Å². The van der Waals surface area contributed by atoms with Crippen molar-refractivity contribution in [1.29, 1.82) is 0 Å². The Hall–Kier alpha value is -0.600. The fourth-order valence-corrected chi connectivity index (χ4v) is 7.77. The van der Waals surface area contributed by atoms with Crippen LogP contribution in [0.4, 0.5) is 0 Å². The third kappa shape index (κ3) is 7.70. The molecular formula is C32H58N2. The minimum absolute atomic E-state index is 0.843. The van der Waals surface area contributed by atoms with Crippen LogP contribution in [0, 0.1) is 23.7 Å². The summed E-state index contributed by atoms with van der Waals surface area (Å²) in [5.74, 6) is 3.40. The molecule has 0 atom stereocenters. The van der Waals surface area contributed by atoms with Gasteiger partial charge in [0.05, 0.1) is 0 Å². The Kier molecular flexibility index (Phi) is 11.7. The third-order valence-electron chi connectivity index (χ3n) is 10.2. The maximum atomic E-state index is 2.71. The van der Waals surface area contributed by atoms with Crippen molar-refractivity contribution < 1.29 is 0 Å². The van der Waals surface area contributed by atoms with E-state index in [0.29, 0.717) is 0 Å². The molecular weight excluding hydrogens is 412 g/mol. The van der Waals surface area contributed by atoms with Crippen LogP contribution >= 0.6 is 0 Å². The highest BCUT2D eigenvalue weighted by atomic mass is 15.1. The van der Waals surface area contributed by atoms with Crippen molar-refractivity contribution in [2.45, 2.75) is 131 Å². The van der Waals surface area contributed by atoms with Crippen molar-refractivity contribution in [1.82, 2.24) is 9.80 Å². The first kappa shape index (κ1) is 28.0. The molecule has 0 heterocycles. The van der Waals surface area contributed by atoms with Gasteiger partial charge in [0.15, 0.2) is 0 Å². The van der Waals surface area contributed by atoms with Crippen molar-refractivity contribution in [3.05, 3.63) is 23.3 Å². The lowest BCUT2D eigenvalue weighted by Gasteiger charge is -2.37. The predicted octanol–water partition coefficient (Wildman–Crippen LogP) is 8.49. The summed E-state index contributed by atoms with van der Waals surface area (Å²) in [7, 11) is 0. The SMILES string of the molecule is CCN(CC)C1CCC(/C(C)=C\C2CCC(/C=C(\C)C3CCC(N(CC)CC)CC3)CC2)CC1. The second-order valence-corrected chi connectivity index (χ2v) is 11.9. The van der Waals surface area contributed by atoms with Gasteiger partial charge in [0.2, 0.25) is 0 Å². The Morgan fingerprint density at radius 1 is 0.500 bits per heavy atom. The van der Waals surface area contributed by atoms with Gasteiger partial charge in [-0.2, -0.15) is 0 Å². The van der Waals surface area contributed by atoms with Gasteiger partial charge in [-0.3, -0.25) is 0 Å². The van der Waals surface area contributed by atoms with Crippen LogP contribution in [0.2, 0.25) is 0 Å². The summed E-state index contributed by atoms with van der Waals surface area (Å²) in [5, 5.41) is 0. The van der Waals surface area contributed by atoms with E-state index in [0.717, 1.165) is 35.8 Å². The summed E-state index contributed by atoms with van der Waals surface area (Å²) >= 11 is 0. The van der Waals surface area contributed by atoms with E-state index in [1.807, 2.05) is 0 Å². The third-order valence-corrected chi connectivity index (χ3v) is 10.2. The molecule has 34 heavy (non-hydrogen) atoms. The molecule has 0 aliphatic heterocycles. The summed E-state index contributed by atoms with van der Waals surface area (Å²) in [6.07, 6.45) is 22.4. The summed E-state index contributed by atoms with van der Waals surface area (Å²) in [6.45, 7) is 19.1. The molecule has 0 radical (unpaired) electrons. The lowest BCUT2D eigenvalue weighted by molar-refractivity contribution is 0.156. The van der Waals surface area contributed by atoms with E-state index >= 15 is 0 Å². The van der Waals surface area contributed by atoms with Crippen molar-refractivity contribution in [3.8, 4) is 0 Å². The molecule has 0 saturated heterocycles. The molecule has 3 aliphatic carbocycles. The summed E-state index contributed by atoms with van der Waals surface area (Å²) in [5.41, 5.74) is 3.44. The zero-order valence-electron chi connectivity index (χ0n) is 23.8. The number of hydrogen-bond donors (Lipinski definition) is 0. The zero-order valence-corrected chi connectivity index (χ0v) is 23.8. The molecule has 0 amide bonds. The topological polar surface area (TPSA) is 6.48 Å². The molecule has 3 saturated carbocycles. The average molecular weight is 471 g/mol. The highest BCUT2D eigenvalue weighted by Gasteiger charge is 2.28. The Morgan fingerprint density at radius 3 is 1.06 bits per heavy atom. The van der Waals surface area contributed by atoms with Gasteiger partial charge in [-0.05, 0) is 141 Å². The van der Waals surface area contributed by atoms with E-state index in [2.05, 4.69) is 63.5 Å². The predicted molar refractivity (Wildman–Crippen MR) is 150 cm³/mol. The standard InChI is InChI=1S/C32H58N2/c1-7-33(8-2)31-19-15-29(16-20-31)25(5)23-27-11-13-28(14-12-27)24-26(6)30-17-21-32(22-18-30)34(9-3)10-4/h23-24,27-32H,7-22H2,1-6H3/b25-23-,26-24+. The average Bonchev–Trinajstić information content (AvgIpc) is 2.87. The van der Waals surface area contributed by atoms with Gasteiger partial charge >= 0.3 is 0 Å². The highest BCUT2D eigenvalue weighted by molar-refractivity contribution is 5.11. The minimum atomic E-state index is 0.843. The number of hydrogen-bond acceptors (Lipinski definition) is 2. The van der Waals surface area contributed by atoms with E-state index in [1.54, 1.807) is 11.1 Å². The van der Waals surface area contributed by atoms with Gasteiger partial charge in [-0.25, -0.2) is 0 Å². The summed E-state index contributed by atoms with van der Waals surface area (Å²) in [4.78, 5) is 5.37. The molecule has 2 heteroatoms. The van der Waals surface area contributed by atoms with Crippen LogP contribution in [0.5, 0.6) is 0 Å². The normalized spacial score (nSPS) is 34.1. The Balaban J connectivity index is 1.41. The first-order valence-electron chi connectivity index (χ1n) is 15.3. The van der Waals surface area contributed by atoms with E-state index < -0.39 is 0 Å². The van der Waals surface area contributed by atoms with Crippen LogP contribution in [0.3, 0.4) is 0 Å². The smallest absolute Gasteiger partial charge is 0.00954 e. The molecule has 0 aromatic carbocycles. The lowest BCUT2D eigenvalue weighted by atomic mass is 9.76. The minimum Gasteiger partial charge on any atom is -0.301 e. The van der Waals surface area contributed by atoms with E-state index in [4.69, 9.17) is 0 Å². The van der Waals surface area contributed by atoms with Crippen LogP contribution in [0.25, 0.3) is 0 Å². The molecule has 3 fully saturated rings. The maximum Gasteiger partial charge on any atom is 0.00954 e. The fraction of sp³-hybridized carbons (Fsp3) is 0.875. The molecule has 3 aliphatic rings. The van der Waals surface area contributed by atoms with Gasteiger partial charge in [0.1, 0.15) is 0 Å². The van der Waals surface area contributed by atoms with Gasteiger partial charge in [0, 0.05) is 12.1 Å². The maximum absolute atomic E-state index is 2.71. The molecule has 0 spiro atoms. The molecule has 0 aromatic heterocycles. The molecule has 3 rings (SSSR count). The van der Waals surface area contributed by atoms with Gasteiger partial charge < -0.3 is 9.80 Å². The summed E-state index contributed by atoms with van der Waals surface area (Å²) in [6, 6.07) is 1.69. The van der Waals surface area contributed by atoms with Crippen LogP contribution in [0.1, 0.15) is 119 Å². The van der Waals surface area contributed by atoms with Crippen molar-refractivity contribution in [3.63, 3.8) is 0 Å². The van der Waals surface area contributed by atoms with Crippen molar-refractivity contribution in [2.24, 2.45) is 23.7 Å². The monoisotopic (exact) mass is 470 g/mol. The Morgan fingerprint density at radius 2 is 0.794 bits per heavy atom. The van der Waals surface area contributed by atoms with E-state index in [-0.39, 0.29) is 0 Å². The van der Waals surface area contributed by atoms with E-state index in [1.165, 1.54) is 103 Å². The van der Waals surface area contributed by atoms with Crippen molar-refractivity contribution in [2.75, 3.05) is 26.2 Å². The first-order chi connectivity index (χ1) is 16.5. The van der Waals surface area contributed by atoms with Crippen LogP contribution in [-0.2, 0) is 0 Å². The second-order valence-electron chi connectivity index (χ2n) is 11.9. The van der Waals surface area contributed by atoms with Gasteiger partial charge in [-0.15, -0.1) is 0 Å². The quantitative estimate of drug-likeness (QED) is 0.295. The zero-order chi connectivity index (χ0) is 24.5. The van der Waals surface area contributed by atoms with Crippen LogP contribution in [-0.4, -0.2) is 48.1 Å². The summed E-state index contributed by atoms with van der Waals surface area (Å²) < 4.78 is 0. The van der Waals surface area contributed by atoms with Crippen LogP contribution in [0.15, 0.2) is 23.3 Å². The Bertz CT molecular complexity index is 561. The van der Waals surface area contributed by atoms with Gasteiger partial charge in [0.25, 0.3) is 0 Å². The van der Waals surface area contributed by atoms with Crippen LogP contribution < -0.4 is 0 Å². The number of allylic oxidation sites excluding steroid dienone is 4. The van der Waals surface area contributed by atoms with Gasteiger partial charge in [-0.1, -0.05) is 51.0 Å². The molecule has 0 bridgehead atoms. The molecule has 0 aromatic rings. The molecule has 2 nitrogen and oxygen atoms in total. The highest BCUT2D eigenvalue weighted by Crippen LogP contribution is 2.38. The lowest BCUT2D eigenvalue weighted by Crippen LogP contribution is -2.38. The number of nitrogens with zero attached hydrogens (tertiary/aromatic N) is 2. The largest absolute Gasteiger partial charge is 0.301 e. The fourth-order valence-electron chi connectivity index (χ4n) is 7.77. The van der Waals surface area contributed by atoms with E-state index in [9.17, 15) is 0 Å².